The van der Waals surface area contributed by atoms with Gasteiger partial charge in [-0.2, -0.15) is 5.10 Å². The third-order valence-electron chi connectivity index (χ3n) is 4.45. The molecule has 0 aliphatic carbocycles. The first-order valence-corrected chi connectivity index (χ1v) is 10.1. The van der Waals surface area contributed by atoms with Gasteiger partial charge >= 0.3 is 0 Å². The van der Waals surface area contributed by atoms with Crippen molar-refractivity contribution in [1.82, 2.24) is 9.78 Å². The van der Waals surface area contributed by atoms with Crippen LogP contribution in [0.2, 0.25) is 0 Å². The summed E-state index contributed by atoms with van der Waals surface area (Å²) >= 11 is 0. The number of hydrogen-bond acceptors (Lipinski definition) is 3. The van der Waals surface area contributed by atoms with E-state index < -0.39 is 10.0 Å². The molecule has 3 aromatic carbocycles. The molecule has 0 aliphatic heterocycles. The van der Waals surface area contributed by atoms with Gasteiger partial charge in [0.2, 0.25) is 10.0 Å². The highest BCUT2D eigenvalue weighted by Gasteiger charge is 2.17. The molecule has 0 bridgehead atoms. The van der Waals surface area contributed by atoms with Gasteiger partial charge < -0.3 is 0 Å². The first-order chi connectivity index (χ1) is 13.8. The van der Waals surface area contributed by atoms with Gasteiger partial charge in [0, 0.05) is 11.1 Å². The second kappa shape index (κ2) is 7.23. The van der Waals surface area contributed by atoms with Crippen LogP contribution < -0.4 is 5.14 Å². The molecule has 1 heterocycles. The second-order valence-electron chi connectivity index (χ2n) is 6.37. The Kier molecular flexibility index (Phi) is 4.73. The summed E-state index contributed by atoms with van der Waals surface area (Å²) in [4.78, 5) is -0.0163. The van der Waals surface area contributed by atoms with Gasteiger partial charge in [0.05, 0.1) is 22.5 Å². The van der Waals surface area contributed by atoms with Crippen molar-refractivity contribution < 1.29 is 17.2 Å². The SMILES string of the molecule is NS(=O)(=O)c1ccc(-c2c(-c3ccc(F)cc3)cnn2-c2ccc(F)cc2)cc1. The van der Waals surface area contributed by atoms with E-state index in [0.717, 1.165) is 5.56 Å². The molecule has 0 unspecified atom stereocenters. The van der Waals surface area contributed by atoms with E-state index in [4.69, 9.17) is 5.14 Å². The van der Waals surface area contributed by atoms with Crippen LogP contribution in [-0.4, -0.2) is 18.2 Å². The summed E-state index contributed by atoms with van der Waals surface area (Å²) in [6, 6.07) is 17.8. The Labute approximate surface area is 166 Å². The predicted octanol–water partition coefficient (Wildman–Crippen LogP) is 4.13. The van der Waals surface area contributed by atoms with Crippen molar-refractivity contribution in [2.45, 2.75) is 4.90 Å². The van der Waals surface area contributed by atoms with Crippen molar-refractivity contribution in [1.29, 1.82) is 0 Å². The monoisotopic (exact) mass is 411 g/mol. The number of nitrogens with zero attached hydrogens (tertiary/aromatic N) is 2. The number of nitrogens with two attached hydrogens (primary N) is 1. The molecule has 0 atom stereocenters. The molecule has 146 valence electrons. The lowest BCUT2D eigenvalue weighted by Crippen LogP contribution is -2.11. The average Bonchev–Trinajstić information content (AvgIpc) is 3.13. The van der Waals surface area contributed by atoms with E-state index in [-0.39, 0.29) is 16.5 Å². The van der Waals surface area contributed by atoms with Crippen LogP contribution in [0.25, 0.3) is 28.1 Å². The molecule has 0 saturated carbocycles. The van der Waals surface area contributed by atoms with E-state index in [2.05, 4.69) is 5.10 Å². The molecule has 0 fully saturated rings. The molecule has 4 rings (SSSR count). The fraction of sp³-hybridized carbons (Fsp3) is 0. The van der Waals surface area contributed by atoms with Crippen LogP contribution in [0.15, 0.2) is 83.9 Å². The predicted molar refractivity (Wildman–Crippen MR) is 106 cm³/mol. The van der Waals surface area contributed by atoms with Crippen molar-refractivity contribution in [3.8, 4) is 28.1 Å². The fourth-order valence-corrected chi connectivity index (χ4v) is 3.56. The van der Waals surface area contributed by atoms with Gasteiger partial charge in [-0.05, 0) is 54.1 Å². The maximum Gasteiger partial charge on any atom is 0.238 e. The van der Waals surface area contributed by atoms with Gasteiger partial charge in [0.15, 0.2) is 0 Å². The summed E-state index contributed by atoms with van der Waals surface area (Å²) in [5.41, 5.74) is 3.36. The Morgan fingerprint density at radius 3 is 1.83 bits per heavy atom. The Morgan fingerprint density at radius 1 is 0.759 bits per heavy atom. The molecule has 4 aromatic rings. The summed E-state index contributed by atoms with van der Waals surface area (Å²) in [5.74, 6) is -0.738. The summed E-state index contributed by atoms with van der Waals surface area (Å²) in [7, 11) is -3.83. The first kappa shape index (κ1) is 19.0. The standard InChI is InChI=1S/C21H15F2N3O2S/c22-16-5-1-14(2-6-16)20-13-25-26(18-9-7-17(23)8-10-18)21(20)15-3-11-19(12-4-15)29(24,27)28/h1-13H,(H2,24,27,28). The van der Waals surface area contributed by atoms with E-state index in [1.165, 1.54) is 36.4 Å². The molecule has 29 heavy (non-hydrogen) atoms. The van der Waals surface area contributed by atoms with Crippen LogP contribution in [0, 0.1) is 11.6 Å². The van der Waals surface area contributed by atoms with Gasteiger partial charge in [-0.1, -0.05) is 24.3 Å². The van der Waals surface area contributed by atoms with Crippen molar-refractivity contribution in [2.75, 3.05) is 0 Å². The quantitative estimate of drug-likeness (QED) is 0.548. The highest BCUT2D eigenvalue weighted by Crippen LogP contribution is 2.34. The third-order valence-corrected chi connectivity index (χ3v) is 5.38. The Balaban J connectivity index is 1.92. The molecule has 2 N–H and O–H groups in total. The summed E-state index contributed by atoms with van der Waals surface area (Å²) < 4.78 is 51.5. The van der Waals surface area contributed by atoms with Crippen LogP contribution in [0.1, 0.15) is 0 Å². The molecule has 0 spiro atoms. The number of aromatic nitrogens is 2. The Morgan fingerprint density at radius 2 is 1.28 bits per heavy atom. The zero-order valence-electron chi connectivity index (χ0n) is 15.0. The van der Waals surface area contributed by atoms with Crippen LogP contribution in [0.3, 0.4) is 0 Å². The summed E-state index contributed by atoms with van der Waals surface area (Å²) in [5, 5.41) is 9.60. The number of sulfonamides is 1. The molecule has 0 radical (unpaired) electrons. The van der Waals surface area contributed by atoms with Crippen LogP contribution in [0.4, 0.5) is 8.78 Å². The van der Waals surface area contributed by atoms with Crippen molar-refractivity contribution in [2.24, 2.45) is 5.14 Å². The van der Waals surface area contributed by atoms with Gasteiger partial charge in [0.1, 0.15) is 11.6 Å². The van der Waals surface area contributed by atoms with Crippen LogP contribution in [0.5, 0.6) is 0 Å². The highest BCUT2D eigenvalue weighted by molar-refractivity contribution is 7.89. The Hall–Kier alpha value is -3.36. The second-order valence-corrected chi connectivity index (χ2v) is 7.93. The maximum absolute atomic E-state index is 13.4. The largest absolute Gasteiger partial charge is 0.238 e. The van der Waals surface area contributed by atoms with E-state index in [1.807, 2.05) is 0 Å². The number of primary sulfonamides is 1. The number of halogens is 2. The van der Waals surface area contributed by atoms with Crippen LogP contribution in [-0.2, 0) is 10.0 Å². The lowest BCUT2D eigenvalue weighted by atomic mass is 10.0. The third kappa shape index (κ3) is 3.80. The van der Waals surface area contributed by atoms with E-state index >= 15 is 0 Å². The van der Waals surface area contributed by atoms with E-state index in [0.29, 0.717) is 22.5 Å². The number of hydrogen-bond donors (Lipinski definition) is 1. The molecule has 0 amide bonds. The van der Waals surface area contributed by atoms with Gasteiger partial charge in [-0.25, -0.2) is 27.0 Å². The zero-order valence-corrected chi connectivity index (χ0v) is 15.8. The summed E-state index contributed by atoms with van der Waals surface area (Å²) in [6.07, 6.45) is 1.62. The van der Waals surface area contributed by atoms with Gasteiger partial charge in [-0.15, -0.1) is 0 Å². The molecular formula is C21H15F2N3O2S. The molecular weight excluding hydrogens is 396 g/mol. The van der Waals surface area contributed by atoms with E-state index in [9.17, 15) is 17.2 Å². The van der Waals surface area contributed by atoms with Gasteiger partial charge in [0.25, 0.3) is 0 Å². The number of rotatable bonds is 4. The van der Waals surface area contributed by atoms with E-state index in [1.54, 1.807) is 47.3 Å². The Bertz CT molecular complexity index is 1200. The maximum atomic E-state index is 13.4. The summed E-state index contributed by atoms with van der Waals surface area (Å²) in [6.45, 7) is 0. The van der Waals surface area contributed by atoms with Crippen molar-refractivity contribution in [3.05, 3.63) is 90.6 Å². The topological polar surface area (TPSA) is 78.0 Å². The molecule has 8 heteroatoms. The minimum Gasteiger partial charge on any atom is -0.232 e. The lowest BCUT2D eigenvalue weighted by molar-refractivity contribution is 0.598. The highest BCUT2D eigenvalue weighted by atomic mass is 32.2. The lowest BCUT2D eigenvalue weighted by Gasteiger charge is -2.11. The normalized spacial score (nSPS) is 11.6. The molecule has 0 saturated heterocycles. The van der Waals surface area contributed by atoms with Crippen LogP contribution >= 0.6 is 0 Å². The average molecular weight is 411 g/mol. The first-order valence-electron chi connectivity index (χ1n) is 8.56. The molecule has 0 aliphatic rings. The number of benzene rings is 3. The minimum atomic E-state index is -3.83. The van der Waals surface area contributed by atoms with Gasteiger partial charge in [-0.3, -0.25) is 0 Å². The van der Waals surface area contributed by atoms with Crippen molar-refractivity contribution in [3.63, 3.8) is 0 Å². The minimum absolute atomic E-state index is 0.0163. The fourth-order valence-electron chi connectivity index (χ4n) is 3.05. The molecule has 5 nitrogen and oxygen atoms in total. The smallest absolute Gasteiger partial charge is 0.232 e. The zero-order chi connectivity index (χ0) is 20.6. The van der Waals surface area contributed by atoms with Crippen molar-refractivity contribution >= 4 is 10.0 Å². The molecule has 1 aromatic heterocycles.